The molecule has 0 unspecified atom stereocenters. The molecule has 0 atom stereocenters. The first kappa shape index (κ1) is 37.5. The van der Waals surface area contributed by atoms with E-state index in [0.717, 1.165) is 33.4 Å². The van der Waals surface area contributed by atoms with Crippen LogP contribution in [0, 0.1) is 19.8 Å². The fourth-order valence-corrected chi connectivity index (χ4v) is 8.85. The van der Waals surface area contributed by atoms with Crippen LogP contribution in [0.5, 0.6) is 5.75 Å². The number of nitrogens with zero attached hydrogens (tertiary/aromatic N) is 3. The van der Waals surface area contributed by atoms with Gasteiger partial charge in [-0.3, -0.25) is 9.55 Å². The van der Waals surface area contributed by atoms with E-state index in [4.69, 9.17) is 23.7 Å². The van der Waals surface area contributed by atoms with Crippen LogP contribution in [0.15, 0.2) is 152 Å². The molecule has 0 spiro atoms. The fourth-order valence-electron chi connectivity index (χ4n) is 8.85. The Kier molecular flexibility index (Phi) is 10.4. The van der Waals surface area contributed by atoms with Crippen LogP contribution in [0.3, 0.4) is 0 Å². The van der Waals surface area contributed by atoms with Gasteiger partial charge in [0.1, 0.15) is 11.6 Å². The summed E-state index contributed by atoms with van der Waals surface area (Å²) in [7, 11) is 0. The standard InChI is InChI=1S/C64H64N3O.Pt/c1-39(2)47-35-53(40(3)4)61(68)56(36-47)62-66-60-52(48-32-49(34-51(33-48)64(10,11)12)57-37-46(29-30-65-57)43-23-21-41(5)22-24-43)19-16-20-58(60)67(62)59-38-54(44-17-14-13-15-18-44)42(6)31-55(59)45-25-27-50(28-26-45)63(7,8)9;/h13-31,33-40,68H,1-12H3;/q-1;/i5D3,6D3,21D,22D,23D,24D;. The topological polar surface area (TPSA) is 50.9 Å². The average molecular weight is 1100 g/mol. The Morgan fingerprint density at radius 2 is 1.30 bits per heavy atom. The van der Waals surface area contributed by atoms with Crippen LogP contribution in [-0.4, -0.2) is 19.6 Å². The number of fused-ring (bicyclic) bond motifs is 1. The number of phenolic OH excluding ortho intramolecular Hbond substituents is 1. The van der Waals surface area contributed by atoms with Gasteiger partial charge in [-0.2, -0.15) is 0 Å². The van der Waals surface area contributed by atoms with Crippen molar-refractivity contribution >= 4 is 11.0 Å². The van der Waals surface area contributed by atoms with Gasteiger partial charge in [0.25, 0.3) is 0 Å². The number of para-hydroxylation sites is 1. The number of phenols is 1. The molecular formula is C64H64N3OPt-. The van der Waals surface area contributed by atoms with E-state index in [1.807, 2.05) is 78.9 Å². The van der Waals surface area contributed by atoms with Gasteiger partial charge in [0.15, 0.2) is 0 Å². The van der Waals surface area contributed by atoms with Gasteiger partial charge in [0, 0.05) is 46.7 Å². The Bertz CT molecular complexity index is 3760. The fraction of sp³-hybridized carbons (Fsp3) is 0.250. The minimum atomic E-state index is -2.86. The van der Waals surface area contributed by atoms with E-state index in [1.165, 1.54) is 6.20 Å². The van der Waals surface area contributed by atoms with Gasteiger partial charge >= 0.3 is 0 Å². The van der Waals surface area contributed by atoms with E-state index in [2.05, 4.69) is 104 Å². The molecule has 2 heterocycles. The Balaban J connectivity index is 0.00000822. The number of hydrogen-bond acceptors (Lipinski definition) is 3. The molecule has 0 aliphatic carbocycles. The first-order valence-corrected chi connectivity index (χ1v) is 23.3. The van der Waals surface area contributed by atoms with Crippen LogP contribution >= 0.6 is 0 Å². The molecule has 0 saturated heterocycles. The number of hydrogen-bond donors (Lipinski definition) is 1. The van der Waals surface area contributed by atoms with E-state index in [1.54, 1.807) is 18.2 Å². The maximum atomic E-state index is 12.6. The summed E-state index contributed by atoms with van der Waals surface area (Å²) in [4.78, 5) is 10.4. The maximum Gasteiger partial charge on any atom is 0.148 e. The van der Waals surface area contributed by atoms with Crippen molar-refractivity contribution in [2.45, 2.75) is 106 Å². The first-order chi connectivity index (χ1) is 36.4. The molecule has 0 fully saturated rings. The third kappa shape index (κ3) is 9.79. The molecule has 352 valence electrons. The molecule has 0 aliphatic heterocycles. The third-order valence-corrected chi connectivity index (χ3v) is 12.9. The molecular weight excluding hydrogens is 1020 g/mol. The summed E-state index contributed by atoms with van der Waals surface area (Å²) in [5.74, 6) is 0.579. The predicted molar refractivity (Wildman–Crippen MR) is 287 cm³/mol. The molecule has 9 rings (SSSR count). The predicted octanol–water partition coefficient (Wildman–Crippen LogP) is 17.4. The first-order valence-electron chi connectivity index (χ1n) is 28.3. The van der Waals surface area contributed by atoms with Crippen molar-refractivity contribution in [1.29, 1.82) is 0 Å². The Labute approximate surface area is 438 Å². The SMILES string of the molecule is [2H]c1c([2H])c(C([2H])([2H])[2H])c([2H])c([2H])c1-c1ccnc(-c2[c-]c(-c3cccc4c3nc(-c3cc(C(C)C)cc(C(C)C)c3O)n4-c3cc(-c4ccccc4)c(C([2H])([2H])[2H])cc3-c3ccc(C(C)(C)C)cc3)cc(C(C)(C)C)c2)c1.[Pt]. The minimum absolute atomic E-state index is 0. The largest absolute Gasteiger partial charge is 0.507 e. The Morgan fingerprint density at radius 3 is 1.96 bits per heavy atom. The van der Waals surface area contributed by atoms with E-state index in [9.17, 15) is 5.11 Å². The minimum Gasteiger partial charge on any atom is -0.507 e. The average Bonchev–Trinajstić information content (AvgIpc) is 4.07. The van der Waals surface area contributed by atoms with Crippen LogP contribution < -0.4 is 0 Å². The summed E-state index contributed by atoms with van der Waals surface area (Å²) in [5.41, 5.74) is 10.6. The summed E-state index contributed by atoms with van der Waals surface area (Å²) >= 11 is 0. The molecule has 0 amide bonds. The number of benzene rings is 7. The molecule has 69 heavy (non-hydrogen) atoms. The van der Waals surface area contributed by atoms with Gasteiger partial charge in [-0.15, -0.1) is 29.3 Å². The molecule has 0 bridgehead atoms. The van der Waals surface area contributed by atoms with Gasteiger partial charge in [-0.25, -0.2) is 4.98 Å². The Hall–Kier alpha value is -6.35. The van der Waals surface area contributed by atoms with E-state index < -0.39 is 48.9 Å². The van der Waals surface area contributed by atoms with Crippen molar-refractivity contribution in [3.63, 3.8) is 0 Å². The molecule has 0 aliphatic rings. The quantitative estimate of drug-likeness (QED) is 0.147. The summed E-state index contributed by atoms with van der Waals surface area (Å²) in [6.07, 6.45) is 1.53. The molecule has 7 aromatic carbocycles. The molecule has 4 nitrogen and oxygen atoms in total. The molecule has 5 heteroatoms. The Morgan fingerprint density at radius 1 is 0.609 bits per heavy atom. The molecule has 2 aromatic heterocycles. The van der Waals surface area contributed by atoms with Gasteiger partial charge in [0.05, 0.1) is 27.8 Å². The van der Waals surface area contributed by atoms with Crippen LogP contribution in [0.2, 0.25) is 0 Å². The van der Waals surface area contributed by atoms with E-state index in [-0.39, 0.29) is 55.2 Å². The number of aromatic nitrogens is 3. The second-order valence-electron chi connectivity index (χ2n) is 20.5. The second-order valence-corrected chi connectivity index (χ2v) is 20.5. The van der Waals surface area contributed by atoms with E-state index in [0.29, 0.717) is 67.2 Å². The van der Waals surface area contributed by atoms with Crippen LogP contribution in [-0.2, 0) is 31.9 Å². The molecule has 0 radical (unpaired) electrons. The summed E-state index contributed by atoms with van der Waals surface area (Å²) in [6.45, 7) is 15.7. The second kappa shape index (κ2) is 19.2. The van der Waals surface area contributed by atoms with Gasteiger partial charge < -0.3 is 5.11 Å². The zero-order chi connectivity index (χ0) is 56.7. The summed E-state index contributed by atoms with van der Waals surface area (Å²) < 4.78 is 87.8. The number of aryl methyl sites for hydroxylation is 1. The number of rotatable bonds is 9. The van der Waals surface area contributed by atoms with E-state index >= 15 is 0 Å². The number of pyridine rings is 1. The normalized spacial score (nSPS) is 14.4. The maximum absolute atomic E-state index is 12.6. The number of aromatic hydroxyl groups is 1. The van der Waals surface area contributed by atoms with Gasteiger partial charge in [-0.05, 0) is 117 Å². The van der Waals surface area contributed by atoms with Crippen molar-refractivity contribution in [2.75, 3.05) is 0 Å². The molecule has 1 N–H and O–H groups in total. The van der Waals surface area contributed by atoms with Crippen molar-refractivity contribution in [2.24, 2.45) is 0 Å². The van der Waals surface area contributed by atoms with Crippen molar-refractivity contribution in [3.8, 4) is 78.6 Å². The van der Waals surface area contributed by atoms with Crippen molar-refractivity contribution < 1.29 is 39.9 Å². The molecule has 0 saturated carbocycles. The zero-order valence-electron chi connectivity index (χ0n) is 50.9. The van der Waals surface area contributed by atoms with Crippen molar-refractivity contribution in [1.82, 2.24) is 14.5 Å². The summed E-state index contributed by atoms with van der Waals surface area (Å²) in [6, 6.07) is 40.3. The molecule has 9 aromatic rings. The van der Waals surface area contributed by atoms with Gasteiger partial charge in [0.2, 0.25) is 0 Å². The number of imidazole rings is 1. The smallest absolute Gasteiger partial charge is 0.148 e. The summed E-state index contributed by atoms with van der Waals surface area (Å²) in [5, 5.41) is 12.6. The van der Waals surface area contributed by atoms with Crippen LogP contribution in [0.1, 0.15) is 128 Å². The zero-order valence-corrected chi connectivity index (χ0v) is 43.2. The van der Waals surface area contributed by atoms with Crippen LogP contribution in [0.25, 0.3) is 83.9 Å². The van der Waals surface area contributed by atoms with Gasteiger partial charge in [-0.1, -0.05) is 189 Å². The third-order valence-electron chi connectivity index (χ3n) is 12.9. The van der Waals surface area contributed by atoms with Crippen molar-refractivity contribution in [3.05, 3.63) is 191 Å². The van der Waals surface area contributed by atoms with Crippen LogP contribution in [0.4, 0.5) is 0 Å². The monoisotopic (exact) mass is 1100 g/mol.